The minimum atomic E-state index is -0.362. The second kappa shape index (κ2) is 5.53. The molecular formula is C14H16FN5O. The van der Waals surface area contributed by atoms with Gasteiger partial charge in [-0.15, -0.1) is 0 Å². The van der Waals surface area contributed by atoms with Crippen LogP contribution in [0.2, 0.25) is 0 Å². The molecule has 6 nitrogen and oxygen atoms in total. The average Bonchev–Trinajstić information content (AvgIpc) is 2.49. The molecule has 0 saturated carbocycles. The summed E-state index contributed by atoms with van der Waals surface area (Å²) in [5.74, 6) is 0.267. The number of H-pyrrole nitrogens is 1. The fourth-order valence-corrected chi connectivity index (χ4v) is 2.40. The lowest BCUT2D eigenvalue weighted by Gasteiger charge is -2.28. The number of anilines is 2. The average molecular weight is 289 g/mol. The third-order valence-corrected chi connectivity index (χ3v) is 3.48. The molecule has 1 aliphatic rings. The fourth-order valence-electron chi connectivity index (χ4n) is 2.40. The van der Waals surface area contributed by atoms with E-state index in [0.29, 0.717) is 11.5 Å². The Labute approximate surface area is 120 Å². The SMILES string of the molecule is Nc1nc(N2CCNCC2)[nH]c(=O)c1-c1ccc(F)cc1. The van der Waals surface area contributed by atoms with Crippen LogP contribution in [0.3, 0.4) is 0 Å². The molecule has 2 heterocycles. The van der Waals surface area contributed by atoms with Gasteiger partial charge in [0.25, 0.3) is 5.56 Å². The van der Waals surface area contributed by atoms with Gasteiger partial charge < -0.3 is 16.0 Å². The van der Waals surface area contributed by atoms with Crippen molar-refractivity contribution in [3.63, 3.8) is 0 Å². The van der Waals surface area contributed by atoms with Crippen molar-refractivity contribution in [3.8, 4) is 11.1 Å². The highest BCUT2D eigenvalue weighted by molar-refractivity contribution is 5.73. The quantitative estimate of drug-likeness (QED) is 0.752. The van der Waals surface area contributed by atoms with Crippen molar-refractivity contribution >= 4 is 11.8 Å². The van der Waals surface area contributed by atoms with Crippen molar-refractivity contribution in [2.75, 3.05) is 36.8 Å². The minimum absolute atomic E-state index is 0.152. The summed E-state index contributed by atoms with van der Waals surface area (Å²) < 4.78 is 13.0. The van der Waals surface area contributed by atoms with E-state index in [0.717, 1.165) is 26.2 Å². The predicted molar refractivity (Wildman–Crippen MR) is 79.7 cm³/mol. The number of nitrogens with one attached hydrogen (secondary N) is 2. The number of piperazine rings is 1. The van der Waals surface area contributed by atoms with E-state index in [1.807, 2.05) is 4.90 Å². The number of nitrogens with zero attached hydrogens (tertiary/aromatic N) is 2. The summed E-state index contributed by atoms with van der Waals surface area (Å²) in [7, 11) is 0. The largest absolute Gasteiger partial charge is 0.383 e. The topological polar surface area (TPSA) is 87.0 Å². The van der Waals surface area contributed by atoms with E-state index in [1.165, 1.54) is 24.3 Å². The van der Waals surface area contributed by atoms with Gasteiger partial charge in [-0.25, -0.2) is 4.39 Å². The fraction of sp³-hybridized carbons (Fsp3) is 0.286. The van der Waals surface area contributed by atoms with Crippen molar-refractivity contribution < 1.29 is 4.39 Å². The van der Waals surface area contributed by atoms with E-state index in [-0.39, 0.29) is 22.8 Å². The van der Waals surface area contributed by atoms with Gasteiger partial charge in [0.05, 0.1) is 5.56 Å². The zero-order chi connectivity index (χ0) is 14.8. The smallest absolute Gasteiger partial charge is 0.262 e. The number of aromatic nitrogens is 2. The summed E-state index contributed by atoms with van der Waals surface area (Å²) in [6.07, 6.45) is 0. The molecule has 1 saturated heterocycles. The van der Waals surface area contributed by atoms with Gasteiger partial charge >= 0.3 is 0 Å². The van der Waals surface area contributed by atoms with E-state index in [9.17, 15) is 9.18 Å². The molecule has 0 amide bonds. The van der Waals surface area contributed by atoms with E-state index in [2.05, 4.69) is 15.3 Å². The van der Waals surface area contributed by atoms with Crippen molar-refractivity contribution in [3.05, 3.63) is 40.4 Å². The molecule has 0 bridgehead atoms. The number of benzene rings is 1. The Morgan fingerprint density at radius 3 is 2.48 bits per heavy atom. The van der Waals surface area contributed by atoms with E-state index < -0.39 is 0 Å². The first-order valence-electron chi connectivity index (χ1n) is 6.76. The van der Waals surface area contributed by atoms with Gasteiger partial charge in [-0.1, -0.05) is 12.1 Å². The minimum Gasteiger partial charge on any atom is -0.383 e. The summed E-state index contributed by atoms with van der Waals surface area (Å²) in [6, 6.07) is 5.61. The Kier molecular flexibility index (Phi) is 3.57. The van der Waals surface area contributed by atoms with Crippen LogP contribution >= 0.6 is 0 Å². The molecule has 1 aliphatic heterocycles. The van der Waals surface area contributed by atoms with Crippen LogP contribution in [0.25, 0.3) is 11.1 Å². The predicted octanol–water partition coefficient (Wildman–Crippen LogP) is 0.568. The van der Waals surface area contributed by atoms with Crippen LogP contribution in [0, 0.1) is 5.82 Å². The molecule has 21 heavy (non-hydrogen) atoms. The van der Waals surface area contributed by atoms with Crippen molar-refractivity contribution in [1.82, 2.24) is 15.3 Å². The Bertz CT molecular complexity index is 692. The summed E-state index contributed by atoms with van der Waals surface area (Å²) in [5, 5.41) is 3.23. The number of rotatable bonds is 2. The lowest BCUT2D eigenvalue weighted by molar-refractivity contribution is 0.579. The summed E-state index contributed by atoms with van der Waals surface area (Å²) in [6.45, 7) is 3.20. The highest BCUT2D eigenvalue weighted by Gasteiger charge is 2.17. The number of nitrogen functional groups attached to an aromatic ring is 1. The van der Waals surface area contributed by atoms with Gasteiger partial charge in [-0.05, 0) is 17.7 Å². The van der Waals surface area contributed by atoms with Crippen LogP contribution in [0.5, 0.6) is 0 Å². The van der Waals surface area contributed by atoms with Crippen LogP contribution in [-0.4, -0.2) is 36.1 Å². The Morgan fingerprint density at radius 1 is 1.19 bits per heavy atom. The number of nitrogens with two attached hydrogens (primary N) is 1. The van der Waals surface area contributed by atoms with Crippen molar-refractivity contribution in [2.45, 2.75) is 0 Å². The van der Waals surface area contributed by atoms with Gasteiger partial charge in [-0.3, -0.25) is 9.78 Å². The van der Waals surface area contributed by atoms with Crippen molar-refractivity contribution in [2.24, 2.45) is 0 Å². The molecule has 0 radical (unpaired) electrons. The number of hydrogen-bond acceptors (Lipinski definition) is 5. The molecule has 0 unspecified atom stereocenters. The van der Waals surface area contributed by atoms with E-state index >= 15 is 0 Å². The molecular weight excluding hydrogens is 273 g/mol. The third-order valence-electron chi connectivity index (χ3n) is 3.48. The Morgan fingerprint density at radius 2 is 1.86 bits per heavy atom. The number of hydrogen-bond donors (Lipinski definition) is 3. The molecule has 1 fully saturated rings. The third kappa shape index (κ3) is 2.73. The van der Waals surface area contributed by atoms with Crippen LogP contribution in [-0.2, 0) is 0 Å². The highest BCUT2D eigenvalue weighted by atomic mass is 19.1. The van der Waals surface area contributed by atoms with Gasteiger partial charge in [0.15, 0.2) is 0 Å². The first kappa shape index (κ1) is 13.6. The van der Waals surface area contributed by atoms with Crippen molar-refractivity contribution in [1.29, 1.82) is 0 Å². The molecule has 2 aromatic rings. The van der Waals surface area contributed by atoms with Crippen LogP contribution in [0.4, 0.5) is 16.2 Å². The molecule has 1 aromatic heterocycles. The van der Waals surface area contributed by atoms with Gasteiger partial charge in [0.1, 0.15) is 11.6 Å². The molecule has 1 aromatic carbocycles. The van der Waals surface area contributed by atoms with E-state index in [1.54, 1.807) is 0 Å². The standard InChI is InChI=1S/C14H16FN5O/c15-10-3-1-9(2-4-10)11-12(16)18-14(19-13(11)21)20-7-5-17-6-8-20/h1-4,17H,5-8H2,(H3,16,18,19,21). The van der Waals surface area contributed by atoms with Gasteiger partial charge in [0.2, 0.25) is 5.95 Å². The lowest BCUT2D eigenvalue weighted by atomic mass is 10.1. The van der Waals surface area contributed by atoms with Crippen LogP contribution in [0.1, 0.15) is 0 Å². The molecule has 0 aliphatic carbocycles. The maximum Gasteiger partial charge on any atom is 0.262 e. The van der Waals surface area contributed by atoms with Gasteiger partial charge in [-0.2, -0.15) is 4.98 Å². The first-order valence-corrected chi connectivity index (χ1v) is 6.76. The Balaban J connectivity index is 2.00. The summed E-state index contributed by atoms with van der Waals surface area (Å²) in [4.78, 5) is 21.3. The summed E-state index contributed by atoms with van der Waals surface area (Å²) in [5.41, 5.74) is 6.44. The molecule has 7 heteroatoms. The second-order valence-corrected chi connectivity index (χ2v) is 4.89. The molecule has 4 N–H and O–H groups in total. The lowest BCUT2D eigenvalue weighted by Crippen LogP contribution is -2.44. The Hall–Kier alpha value is -2.41. The van der Waals surface area contributed by atoms with Crippen LogP contribution < -0.4 is 21.5 Å². The zero-order valence-electron chi connectivity index (χ0n) is 11.4. The first-order chi connectivity index (χ1) is 10.1. The van der Waals surface area contributed by atoms with Gasteiger partial charge in [0, 0.05) is 26.2 Å². The number of halogens is 1. The maximum atomic E-state index is 13.0. The monoisotopic (exact) mass is 289 g/mol. The normalized spacial score (nSPS) is 15.2. The van der Waals surface area contributed by atoms with Crippen LogP contribution in [0.15, 0.2) is 29.1 Å². The molecule has 0 atom stereocenters. The highest BCUT2D eigenvalue weighted by Crippen LogP contribution is 2.22. The summed E-state index contributed by atoms with van der Waals surface area (Å²) >= 11 is 0. The second-order valence-electron chi connectivity index (χ2n) is 4.89. The zero-order valence-corrected chi connectivity index (χ0v) is 11.4. The maximum absolute atomic E-state index is 13.0. The molecule has 0 spiro atoms. The number of aromatic amines is 1. The molecule has 3 rings (SSSR count). The molecule has 110 valence electrons. The van der Waals surface area contributed by atoms with E-state index in [4.69, 9.17) is 5.73 Å².